The monoisotopic (exact) mass is 228 g/mol. The summed E-state index contributed by atoms with van der Waals surface area (Å²) in [6.45, 7) is 4.45. The summed E-state index contributed by atoms with van der Waals surface area (Å²) < 4.78 is 0. The molecular weight excluding hydrogens is 208 g/mol. The number of carbonyl (C=O) groups is 2. The van der Waals surface area contributed by atoms with Gasteiger partial charge in [-0.05, 0) is 39.2 Å². The molecule has 1 aliphatic carbocycles. The summed E-state index contributed by atoms with van der Waals surface area (Å²) >= 11 is 0. The molecule has 0 aliphatic heterocycles. The highest BCUT2D eigenvalue weighted by Crippen LogP contribution is 2.27. The summed E-state index contributed by atoms with van der Waals surface area (Å²) in [5, 5.41) is 14.5. The molecule has 0 aromatic heterocycles. The lowest BCUT2D eigenvalue weighted by Gasteiger charge is -2.17. The first-order valence-electron chi connectivity index (χ1n) is 5.73. The number of carbonyl (C=O) groups excluding carboxylic acids is 1. The van der Waals surface area contributed by atoms with Crippen molar-refractivity contribution in [1.82, 2.24) is 10.6 Å². The van der Waals surface area contributed by atoms with E-state index < -0.39 is 11.9 Å². The predicted molar refractivity (Wildman–Crippen MR) is 60.0 cm³/mol. The topological polar surface area (TPSA) is 78.4 Å². The molecule has 0 aromatic carbocycles. The molecule has 1 aliphatic rings. The first-order chi connectivity index (χ1) is 7.50. The largest absolute Gasteiger partial charge is 0.481 e. The highest BCUT2D eigenvalue weighted by molar-refractivity contribution is 5.79. The normalized spacial score (nSPS) is 18.9. The Bertz CT molecular complexity index is 264. The van der Waals surface area contributed by atoms with Gasteiger partial charge in [0.2, 0.25) is 5.91 Å². The van der Waals surface area contributed by atoms with Crippen LogP contribution in [0.5, 0.6) is 0 Å². The molecule has 92 valence electrons. The molecule has 1 fully saturated rings. The third-order valence-electron chi connectivity index (χ3n) is 2.94. The van der Waals surface area contributed by atoms with Crippen molar-refractivity contribution in [2.75, 3.05) is 13.1 Å². The van der Waals surface area contributed by atoms with Crippen molar-refractivity contribution in [2.24, 2.45) is 11.8 Å². The Labute approximate surface area is 95.6 Å². The Kier molecular flexibility index (Phi) is 4.73. The van der Waals surface area contributed by atoms with Gasteiger partial charge in [-0.15, -0.1) is 0 Å². The Balaban J connectivity index is 2.13. The van der Waals surface area contributed by atoms with E-state index in [2.05, 4.69) is 10.6 Å². The lowest BCUT2D eigenvalue weighted by Crippen LogP contribution is -2.44. The molecule has 0 bridgehead atoms. The number of amides is 1. The predicted octanol–water partition coefficient (Wildman–Crippen LogP) is 0.211. The van der Waals surface area contributed by atoms with Gasteiger partial charge in [0, 0.05) is 6.04 Å². The summed E-state index contributed by atoms with van der Waals surface area (Å²) in [7, 11) is 0. The van der Waals surface area contributed by atoms with Crippen molar-refractivity contribution >= 4 is 11.9 Å². The van der Waals surface area contributed by atoms with E-state index in [9.17, 15) is 9.59 Å². The van der Waals surface area contributed by atoms with Crippen LogP contribution in [0.2, 0.25) is 0 Å². The summed E-state index contributed by atoms with van der Waals surface area (Å²) in [5.41, 5.74) is 0. The second kappa shape index (κ2) is 5.84. The van der Waals surface area contributed by atoms with Crippen LogP contribution < -0.4 is 10.6 Å². The minimum atomic E-state index is -0.890. The zero-order chi connectivity index (χ0) is 12.1. The molecule has 1 rings (SSSR count). The molecular formula is C11H20N2O3. The van der Waals surface area contributed by atoms with Gasteiger partial charge < -0.3 is 15.7 Å². The Morgan fingerprint density at radius 3 is 2.50 bits per heavy atom. The highest BCUT2D eigenvalue weighted by Gasteiger charge is 2.22. The van der Waals surface area contributed by atoms with Gasteiger partial charge in [-0.25, -0.2) is 0 Å². The van der Waals surface area contributed by atoms with Crippen LogP contribution in [0, 0.1) is 11.8 Å². The van der Waals surface area contributed by atoms with Crippen molar-refractivity contribution in [3.8, 4) is 0 Å². The first-order valence-corrected chi connectivity index (χ1v) is 5.73. The van der Waals surface area contributed by atoms with E-state index in [0.717, 1.165) is 12.5 Å². The molecule has 0 radical (unpaired) electrons. The number of nitrogens with one attached hydrogen (secondary N) is 2. The minimum absolute atomic E-state index is 0.138. The van der Waals surface area contributed by atoms with E-state index >= 15 is 0 Å². The quantitative estimate of drug-likeness (QED) is 0.582. The third-order valence-corrected chi connectivity index (χ3v) is 2.94. The number of hydrogen-bond acceptors (Lipinski definition) is 3. The number of hydrogen-bond donors (Lipinski definition) is 3. The van der Waals surface area contributed by atoms with Crippen LogP contribution in [0.15, 0.2) is 0 Å². The van der Waals surface area contributed by atoms with Crippen LogP contribution in [0.3, 0.4) is 0 Å². The van der Waals surface area contributed by atoms with Crippen LogP contribution in [-0.4, -0.2) is 36.1 Å². The van der Waals surface area contributed by atoms with Gasteiger partial charge in [0.15, 0.2) is 0 Å². The van der Waals surface area contributed by atoms with Gasteiger partial charge in [-0.2, -0.15) is 0 Å². The van der Waals surface area contributed by atoms with Crippen molar-refractivity contribution in [2.45, 2.75) is 32.7 Å². The fourth-order valence-corrected chi connectivity index (χ4v) is 1.36. The number of rotatable bonds is 7. The van der Waals surface area contributed by atoms with Gasteiger partial charge in [0.05, 0.1) is 12.5 Å². The van der Waals surface area contributed by atoms with Crippen LogP contribution in [-0.2, 0) is 9.59 Å². The summed E-state index contributed by atoms with van der Waals surface area (Å²) in [6.07, 6.45) is 2.50. The fourth-order valence-electron chi connectivity index (χ4n) is 1.36. The zero-order valence-electron chi connectivity index (χ0n) is 9.82. The minimum Gasteiger partial charge on any atom is -0.481 e. The van der Waals surface area contributed by atoms with Gasteiger partial charge >= 0.3 is 5.97 Å². The molecule has 5 heteroatoms. The average molecular weight is 228 g/mol. The SMILES string of the molecule is CC(NC(=O)CNCC1CC1)C(C)C(=O)O. The van der Waals surface area contributed by atoms with Gasteiger partial charge in [-0.3, -0.25) is 9.59 Å². The molecule has 0 spiro atoms. The van der Waals surface area contributed by atoms with Crippen molar-refractivity contribution < 1.29 is 14.7 Å². The molecule has 5 nitrogen and oxygen atoms in total. The molecule has 2 unspecified atom stereocenters. The standard InChI is InChI=1S/C11H20N2O3/c1-7(11(15)16)8(2)13-10(14)6-12-5-9-3-4-9/h7-9,12H,3-6H2,1-2H3,(H,13,14)(H,15,16). The second-order valence-corrected chi connectivity index (χ2v) is 4.56. The Hall–Kier alpha value is -1.10. The van der Waals surface area contributed by atoms with Crippen LogP contribution in [0.4, 0.5) is 0 Å². The molecule has 0 heterocycles. The van der Waals surface area contributed by atoms with Gasteiger partial charge in [-0.1, -0.05) is 0 Å². The molecule has 0 saturated heterocycles. The first kappa shape index (κ1) is 13.0. The summed E-state index contributed by atoms with van der Waals surface area (Å²) in [4.78, 5) is 22.1. The van der Waals surface area contributed by atoms with Crippen molar-refractivity contribution in [3.05, 3.63) is 0 Å². The van der Waals surface area contributed by atoms with E-state index in [4.69, 9.17) is 5.11 Å². The smallest absolute Gasteiger partial charge is 0.308 e. The number of carboxylic acids is 1. The molecule has 16 heavy (non-hydrogen) atoms. The van der Waals surface area contributed by atoms with Gasteiger partial charge in [0.25, 0.3) is 0 Å². The average Bonchev–Trinajstić information content (AvgIpc) is 3.00. The molecule has 0 aromatic rings. The lowest BCUT2D eigenvalue weighted by molar-refractivity contribution is -0.142. The maximum absolute atomic E-state index is 11.4. The molecule has 2 atom stereocenters. The van der Waals surface area contributed by atoms with Crippen LogP contribution in [0.1, 0.15) is 26.7 Å². The van der Waals surface area contributed by atoms with Crippen molar-refractivity contribution in [3.63, 3.8) is 0 Å². The second-order valence-electron chi connectivity index (χ2n) is 4.56. The van der Waals surface area contributed by atoms with E-state index in [0.29, 0.717) is 0 Å². The van der Waals surface area contributed by atoms with E-state index in [1.807, 2.05) is 0 Å². The van der Waals surface area contributed by atoms with E-state index in [-0.39, 0.29) is 18.5 Å². The maximum atomic E-state index is 11.4. The van der Waals surface area contributed by atoms with Gasteiger partial charge in [0.1, 0.15) is 0 Å². The summed E-state index contributed by atoms with van der Waals surface area (Å²) in [5.74, 6) is -0.851. The van der Waals surface area contributed by atoms with E-state index in [1.54, 1.807) is 13.8 Å². The van der Waals surface area contributed by atoms with Crippen molar-refractivity contribution in [1.29, 1.82) is 0 Å². The van der Waals surface area contributed by atoms with E-state index in [1.165, 1.54) is 12.8 Å². The molecule has 1 amide bonds. The summed E-state index contributed by atoms with van der Waals surface area (Å²) in [6, 6.07) is -0.340. The molecule has 3 N–H and O–H groups in total. The Morgan fingerprint density at radius 1 is 1.38 bits per heavy atom. The lowest BCUT2D eigenvalue weighted by atomic mass is 10.0. The zero-order valence-corrected chi connectivity index (χ0v) is 9.82. The molecule has 1 saturated carbocycles. The third kappa shape index (κ3) is 4.61. The highest BCUT2D eigenvalue weighted by atomic mass is 16.4. The van der Waals surface area contributed by atoms with Crippen LogP contribution >= 0.6 is 0 Å². The number of aliphatic carboxylic acids is 1. The van der Waals surface area contributed by atoms with Crippen LogP contribution in [0.25, 0.3) is 0 Å². The number of carboxylic acid groups (broad SMARTS) is 1. The fraction of sp³-hybridized carbons (Fsp3) is 0.818. The maximum Gasteiger partial charge on any atom is 0.308 e. The Morgan fingerprint density at radius 2 is 2.00 bits per heavy atom.